The monoisotopic (exact) mass is 158 g/mol. The molecule has 0 aliphatic rings. The van der Waals surface area contributed by atoms with Gasteiger partial charge in [-0.3, -0.25) is 5.41 Å². The van der Waals surface area contributed by atoms with Crippen LogP contribution in [0.25, 0.3) is 0 Å². The zero-order valence-electron chi connectivity index (χ0n) is 7.77. The van der Waals surface area contributed by atoms with Crippen LogP contribution in [0.5, 0.6) is 0 Å². The normalized spacial score (nSPS) is 14.5. The summed E-state index contributed by atoms with van der Waals surface area (Å²) in [5.74, 6) is 0.111. The van der Waals surface area contributed by atoms with Crippen molar-refractivity contribution in [2.45, 2.75) is 33.8 Å². The van der Waals surface area contributed by atoms with Crippen molar-refractivity contribution in [3.63, 3.8) is 0 Å². The lowest BCUT2D eigenvalue weighted by molar-refractivity contribution is 0.0349. The quantitative estimate of drug-likeness (QED) is 0.481. The third kappa shape index (κ3) is 3.37. The number of nitrogens with two attached hydrogens (primary N) is 1. The molecule has 0 aromatic heterocycles. The highest BCUT2D eigenvalue weighted by Gasteiger charge is 2.27. The average molecular weight is 158 g/mol. The molecule has 0 saturated heterocycles. The van der Waals surface area contributed by atoms with Crippen LogP contribution in [0.2, 0.25) is 0 Å². The van der Waals surface area contributed by atoms with E-state index in [1.807, 2.05) is 27.7 Å². The van der Waals surface area contributed by atoms with E-state index in [0.717, 1.165) is 0 Å². The molecule has 3 N–H and O–H groups in total. The van der Waals surface area contributed by atoms with Crippen molar-refractivity contribution in [1.82, 2.24) is 0 Å². The van der Waals surface area contributed by atoms with Gasteiger partial charge >= 0.3 is 0 Å². The standard InChI is InChI=1S/C8H18N2O/c1-5-11-6(7(9)10)8(2,3)4/h6H,5H2,1-4H3,(H3,9,10). The van der Waals surface area contributed by atoms with E-state index >= 15 is 0 Å². The minimum Gasteiger partial charge on any atom is -0.385 e. The summed E-state index contributed by atoms with van der Waals surface area (Å²) in [5.41, 5.74) is 5.29. The van der Waals surface area contributed by atoms with Gasteiger partial charge in [-0.2, -0.15) is 0 Å². The molecule has 3 heteroatoms. The van der Waals surface area contributed by atoms with Crippen LogP contribution in [0.4, 0.5) is 0 Å². The lowest BCUT2D eigenvalue weighted by Gasteiger charge is -2.28. The van der Waals surface area contributed by atoms with Crippen LogP contribution < -0.4 is 5.73 Å². The second-order valence-corrected chi connectivity index (χ2v) is 3.66. The fourth-order valence-electron chi connectivity index (χ4n) is 0.973. The van der Waals surface area contributed by atoms with Gasteiger partial charge in [-0.25, -0.2) is 0 Å². The van der Waals surface area contributed by atoms with E-state index in [1.165, 1.54) is 0 Å². The molecule has 0 rings (SSSR count). The van der Waals surface area contributed by atoms with Crippen molar-refractivity contribution >= 4 is 5.84 Å². The van der Waals surface area contributed by atoms with E-state index in [2.05, 4.69) is 0 Å². The molecule has 1 unspecified atom stereocenters. The summed E-state index contributed by atoms with van der Waals surface area (Å²) >= 11 is 0. The lowest BCUT2D eigenvalue weighted by atomic mass is 9.88. The summed E-state index contributed by atoms with van der Waals surface area (Å²) in [6.07, 6.45) is -0.257. The topological polar surface area (TPSA) is 59.1 Å². The Kier molecular flexibility index (Phi) is 3.52. The highest BCUT2D eigenvalue weighted by atomic mass is 16.5. The number of hydrogen-bond donors (Lipinski definition) is 2. The second-order valence-electron chi connectivity index (χ2n) is 3.66. The molecule has 0 fully saturated rings. The van der Waals surface area contributed by atoms with E-state index < -0.39 is 0 Å². The molecule has 0 aliphatic heterocycles. The first kappa shape index (κ1) is 10.4. The molecule has 0 aromatic carbocycles. The molecule has 1 atom stereocenters. The van der Waals surface area contributed by atoms with Gasteiger partial charge in [-0.1, -0.05) is 20.8 Å². The molecule has 0 spiro atoms. The number of nitrogens with one attached hydrogen (secondary N) is 1. The van der Waals surface area contributed by atoms with E-state index in [9.17, 15) is 0 Å². The maximum absolute atomic E-state index is 7.26. The second kappa shape index (κ2) is 3.72. The molecule has 0 aliphatic carbocycles. The van der Waals surface area contributed by atoms with Gasteiger partial charge in [0.2, 0.25) is 0 Å². The fourth-order valence-corrected chi connectivity index (χ4v) is 0.973. The largest absolute Gasteiger partial charge is 0.385 e. The fraction of sp³-hybridized carbons (Fsp3) is 0.875. The summed E-state index contributed by atoms with van der Waals surface area (Å²) < 4.78 is 5.32. The van der Waals surface area contributed by atoms with Crippen molar-refractivity contribution in [3.8, 4) is 0 Å². The van der Waals surface area contributed by atoms with Crippen molar-refractivity contribution in [2.75, 3.05) is 6.61 Å². The molecular weight excluding hydrogens is 140 g/mol. The minimum atomic E-state index is -0.257. The van der Waals surface area contributed by atoms with Crippen LogP contribution in [-0.4, -0.2) is 18.5 Å². The highest BCUT2D eigenvalue weighted by Crippen LogP contribution is 2.21. The van der Waals surface area contributed by atoms with Gasteiger partial charge in [0.05, 0.1) is 0 Å². The summed E-state index contributed by atoms with van der Waals surface area (Å²) in [7, 11) is 0. The SMILES string of the molecule is CCOC(C(=N)N)C(C)(C)C. The third-order valence-corrected chi connectivity index (χ3v) is 1.40. The van der Waals surface area contributed by atoms with Crippen molar-refractivity contribution < 1.29 is 4.74 Å². The smallest absolute Gasteiger partial charge is 0.121 e. The number of amidine groups is 1. The third-order valence-electron chi connectivity index (χ3n) is 1.40. The maximum Gasteiger partial charge on any atom is 0.121 e. The van der Waals surface area contributed by atoms with E-state index in [4.69, 9.17) is 15.9 Å². The van der Waals surface area contributed by atoms with Gasteiger partial charge in [-0.15, -0.1) is 0 Å². The first-order valence-corrected chi connectivity index (χ1v) is 3.85. The molecule has 0 amide bonds. The van der Waals surface area contributed by atoms with E-state index in [1.54, 1.807) is 0 Å². The molecule has 0 radical (unpaired) electrons. The van der Waals surface area contributed by atoms with E-state index in [0.29, 0.717) is 6.61 Å². The molecule has 66 valence electrons. The maximum atomic E-state index is 7.26. The molecule has 3 nitrogen and oxygen atoms in total. The predicted octanol–water partition coefficient (Wildman–Crippen LogP) is 1.37. The van der Waals surface area contributed by atoms with Crippen LogP contribution in [0.1, 0.15) is 27.7 Å². The highest BCUT2D eigenvalue weighted by molar-refractivity contribution is 5.82. The van der Waals surface area contributed by atoms with Gasteiger partial charge in [0.25, 0.3) is 0 Å². The van der Waals surface area contributed by atoms with Crippen molar-refractivity contribution in [3.05, 3.63) is 0 Å². The Morgan fingerprint density at radius 3 is 2.09 bits per heavy atom. The summed E-state index contributed by atoms with van der Waals surface area (Å²) in [4.78, 5) is 0. The summed E-state index contributed by atoms with van der Waals surface area (Å²) in [6, 6.07) is 0. The first-order valence-electron chi connectivity index (χ1n) is 3.85. The number of ether oxygens (including phenoxy) is 1. The molecule has 0 bridgehead atoms. The number of rotatable bonds is 3. The van der Waals surface area contributed by atoms with Crippen LogP contribution in [0.15, 0.2) is 0 Å². The van der Waals surface area contributed by atoms with Crippen LogP contribution in [0, 0.1) is 10.8 Å². The average Bonchev–Trinajstić information content (AvgIpc) is 1.79. The number of hydrogen-bond acceptors (Lipinski definition) is 2. The Hall–Kier alpha value is -0.570. The van der Waals surface area contributed by atoms with Gasteiger partial charge < -0.3 is 10.5 Å². The summed E-state index contributed by atoms with van der Waals surface area (Å²) in [5, 5.41) is 7.26. The Morgan fingerprint density at radius 1 is 1.55 bits per heavy atom. The van der Waals surface area contributed by atoms with E-state index in [-0.39, 0.29) is 17.4 Å². The van der Waals surface area contributed by atoms with Crippen LogP contribution in [-0.2, 0) is 4.74 Å². The molecule has 0 aromatic rings. The Balaban J connectivity index is 4.22. The van der Waals surface area contributed by atoms with Crippen molar-refractivity contribution in [2.24, 2.45) is 11.1 Å². The zero-order chi connectivity index (χ0) is 9.07. The minimum absolute atomic E-state index is 0.0815. The Bertz CT molecular complexity index is 138. The van der Waals surface area contributed by atoms with Gasteiger partial charge in [0, 0.05) is 6.61 Å². The summed E-state index contributed by atoms with van der Waals surface area (Å²) in [6.45, 7) is 8.53. The van der Waals surface area contributed by atoms with Gasteiger partial charge in [0.15, 0.2) is 0 Å². The molecular formula is C8H18N2O. The zero-order valence-corrected chi connectivity index (χ0v) is 7.77. The molecule has 0 saturated carbocycles. The lowest BCUT2D eigenvalue weighted by Crippen LogP contribution is -2.41. The van der Waals surface area contributed by atoms with Gasteiger partial charge in [-0.05, 0) is 12.3 Å². The van der Waals surface area contributed by atoms with Crippen molar-refractivity contribution in [1.29, 1.82) is 5.41 Å². The van der Waals surface area contributed by atoms with Gasteiger partial charge in [0.1, 0.15) is 11.9 Å². The Labute approximate surface area is 68.4 Å². The molecule has 0 heterocycles. The first-order chi connectivity index (χ1) is 4.89. The molecule has 11 heavy (non-hydrogen) atoms. The van der Waals surface area contributed by atoms with Crippen LogP contribution >= 0.6 is 0 Å². The predicted molar refractivity (Wildman–Crippen MR) is 46.8 cm³/mol. The Morgan fingerprint density at radius 2 is 2.00 bits per heavy atom. The van der Waals surface area contributed by atoms with Crippen LogP contribution in [0.3, 0.4) is 0 Å².